The van der Waals surface area contributed by atoms with Crippen LogP contribution in [0.5, 0.6) is 0 Å². The van der Waals surface area contributed by atoms with E-state index >= 15 is 0 Å². The molecule has 106 valence electrons. The van der Waals surface area contributed by atoms with E-state index in [0.29, 0.717) is 24.3 Å². The van der Waals surface area contributed by atoms with Gasteiger partial charge in [0, 0.05) is 12.1 Å². The van der Waals surface area contributed by atoms with Gasteiger partial charge in [0.2, 0.25) is 0 Å². The fourth-order valence-electron chi connectivity index (χ4n) is 0.986. The van der Waals surface area contributed by atoms with Crippen LogP contribution >= 0.6 is 0 Å². The first kappa shape index (κ1) is 15.4. The molecule has 1 aromatic carbocycles. The normalized spacial score (nSPS) is 13.2. The SMILES string of the molecule is O=[N+]([O-])c1ccc(S(=O)(=O)S(=O)(=O)C(F)(F)F)cc1. The van der Waals surface area contributed by atoms with Crippen molar-refractivity contribution in [3.05, 3.63) is 34.4 Å². The highest BCUT2D eigenvalue weighted by Gasteiger charge is 2.55. The summed E-state index contributed by atoms with van der Waals surface area (Å²) >= 11 is 0. The summed E-state index contributed by atoms with van der Waals surface area (Å²) < 4.78 is 80.7. The van der Waals surface area contributed by atoms with Gasteiger partial charge >= 0.3 is 14.4 Å². The summed E-state index contributed by atoms with van der Waals surface area (Å²) in [6.07, 6.45) is 0. The highest BCUT2D eigenvalue weighted by Crippen LogP contribution is 2.32. The second kappa shape index (κ2) is 4.45. The van der Waals surface area contributed by atoms with Crippen LogP contribution in [0.15, 0.2) is 29.2 Å². The number of alkyl halides is 3. The Kier molecular flexibility index (Phi) is 3.60. The smallest absolute Gasteiger partial charge is 0.258 e. The van der Waals surface area contributed by atoms with Gasteiger partial charge in [-0.25, -0.2) is 16.8 Å². The average molecular weight is 319 g/mol. The van der Waals surface area contributed by atoms with Crippen molar-refractivity contribution in [1.29, 1.82) is 0 Å². The maximum Gasteiger partial charge on any atom is 0.512 e. The molecule has 7 nitrogen and oxygen atoms in total. The van der Waals surface area contributed by atoms with E-state index in [1.807, 2.05) is 0 Å². The Morgan fingerprint density at radius 3 is 1.74 bits per heavy atom. The molecule has 19 heavy (non-hydrogen) atoms. The summed E-state index contributed by atoms with van der Waals surface area (Å²) in [6.45, 7) is 0. The number of nitrogens with zero attached hydrogens (tertiary/aromatic N) is 1. The summed E-state index contributed by atoms with van der Waals surface area (Å²) in [5.74, 6) is 0. The molecule has 1 rings (SSSR count). The molecule has 0 aliphatic rings. The van der Waals surface area contributed by atoms with Crippen molar-refractivity contribution in [2.45, 2.75) is 10.4 Å². The lowest BCUT2D eigenvalue weighted by atomic mass is 10.3. The predicted molar refractivity (Wildman–Crippen MR) is 55.3 cm³/mol. The maximum atomic E-state index is 12.1. The molecule has 0 aliphatic carbocycles. The first-order valence-corrected chi connectivity index (χ1v) is 7.70. The molecule has 1 aromatic rings. The van der Waals surface area contributed by atoms with Gasteiger partial charge in [-0.05, 0) is 12.1 Å². The third-order valence-corrected chi connectivity index (χ3v) is 6.78. The number of rotatable bonds is 3. The zero-order chi connectivity index (χ0) is 15.1. The Hall–Kier alpha value is -1.69. The molecular weight excluding hydrogens is 315 g/mol. The van der Waals surface area contributed by atoms with E-state index in [1.54, 1.807) is 0 Å². The largest absolute Gasteiger partial charge is 0.512 e. The van der Waals surface area contributed by atoms with Crippen LogP contribution in [-0.2, 0) is 17.7 Å². The molecule has 0 N–H and O–H groups in total. The molecule has 0 bridgehead atoms. The molecule has 0 fully saturated rings. The summed E-state index contributed by atoms with van der Waals surface area (Å²) in [7, 11) is -12.2. The molecule has 0 atom stereocenters. The Morgan fingerprint density at radius 1 is 1.00 bits per heavy atom. The van der Waals surface area contributed by atoms with Gasteiger partial charge in [-0.3, -0.25) is 10.1 Å². The lowest BCUT2D eigenvalue weighted by Gasteiger charge is -2.08. The third-order valence-electron chi connectivity index (χ3n) is 1.91. The molecule has 0 saturated heterocycles. The van der Waals surface area contributed by atoms with Crippen molar-refractivity contribution < 1.29 is 34.9 Å². The molecule has 0 saturated carbocycles. The zero-order valence-electron chi connectivity index (χ0n) is 8.66. The van der Waals surface area contributed by atoms with Crippen LogP contribution in [-0.4, -0.2) is 27.3 Å². The van der Waals surface area contributed by atoms with Crippen molar-refractivity contribution >= 4 is 23.4 Å². The Morgan fingerprint density at radius 2 is 1.42 bits per heavy atom. The second-order valence-electron chi connectivity index (χ2n) is 3.10. The number of benzene rings is 1. The van der Waals surface area contributed by atoms with Gasteiger partial charge in [0.1, 0.15) is 0 Å². The van der Waals surface area contributed by atoms with Gasteiger partial charge in [0.25, 0.3) is 14.6 Å². The Balaban J connectivity index is 3.42. The van der Waals surface area contributed by atoms with Crippen LogP contribution in [0.1, 0.15) is 0 Å². The quantitative estimate of drug-likeness (QED) is 0.470. The highest BCUT2D eigenvalue weighted by atomic mass is 33.2. The Labute approximate surface area is 104 Å². The van der Waals surface area contributed by atoms with Crippen molar-refractivity contribution in [2.75, 3.05) is 0 Å². The fourth-order valence-corrected chi connectivity index (χ4v) is 3.80. The van der Waals surface area contributed by atoms with Gasteiger partial charge in [-0.15, -0.1) is 0 Å². The molecule has 0 spiro atoms. The second-order valence-corrected chi connectivity index (χ2v) is 8.49. The van der Waals surface area contributed by atoms with Gasteiger partial charge in [0.15, 0.2) is 0 Å². The van der Waals surface area contributed by atoms with E-state index in [2.05, 4.69) is 0 Å². The van der Waals surface area contributed by atoms with E-state index in [4.69, 9.17) is 0 Å². The standard InChI is InChI=1S/C7H4F3NO6S2/c8-7(9,10)19(16,17)18(14,15)6-3-1-5(2-4-6)11(12)13/h1-4H. The number of nitro groups is 1. The van der Waals surface area contributed by atoms with Crippen LogP contribution in [0.2, 0.25) is 0 Å². The zero-order valence-corrected chi connectivity index (χ0v) is 10.3. The highest BCUT2D eigenvalue weighted by molar-refractivity contribution is 8.67. The number of non-ortho nitro benzene ring substituents is 1. The lowest BCUT2D eigenvalue weighted by Crippen LogP contribution is -2.30. The minimum Gasteiger partial charge on any atom is -0.258 e. The minimum atomic E-state index is -6.46. The lowest BCUT2D eigenvalue weighted by molar-refractivity contribution is -0.384. The van der Waals surface area contributed by atoms with Crippen molar-refractivity contribution in [3.63, 3.8) is 0 Å². The van der Waals surface area contributed by atoms with Crippen LogP contribution in [0.4, 0.5) is 18.9 Å². The number of hydrogen-bond donors (Lipinski definition) is 0. The minimum absolute atomic E-state index is 0.413. The molecule has 0 heterocycles. The van der Waals surface area contributed by atoms with Gasteiger partial charge < -0.3 is 0 Å². The molecule has 0 radical (unpaired) electrons. The monoisotopic (exact) mass is 319 g/mol. The van der Waals surface area contributed by atoms with E-state index in [-0.39, 0.29) is 0 Å². The van der Waals surface area contributed by atoms with E-state index in [1.165, 1.54) is 0 Å². The molecule has 0 amide bonds. The summed E-state index contributed by atoms with van der Waals surface area (Å²) in [5.41, 5.74) is -6.57. The molecule has 12 heteroatoms. The van der Waals surface area contributed by atoms with E-state index < -0.39 is 38.8 Å². The van der Waals surface area contributed by atoms with Gasteiger partial charge in [0.05, 0.1) is 9.82 Å². The van der Waals surface area contributed by atoms with Crippen molar-refractivity contribution in [1.82, 2.24) is 0 Å². The fraction of sp³-hybridized carbons (Fsp3) is 0.143. The van der Waals surface area contributed by atoms with Crippen LogP contribution in [0, 0.1) is 10.1 Å². The molecule has 0 aliphatic heterocycles. The van der Waals surface area contributed by atoms with Gasteiger partial charge in [-0.1, -0.05) is 0 Å². The first-order valence-electron chi connectivity index (χ1n) is 4.22. The molecular formula is C7H4F3NO6S2. The van der Waals surface area contributed by atoms with E-state index in [0.717, 1.165) is 0 Å². The van der Waals surface area contributed by atoms with Crippen LogP contribution in [0.3, 0.4) is 0 Å². The first-order chi connectivity index (χ1) is 8.41. The van der Waals surface area contributed by atoms with Crippen molar-refractivity contribution in [3.8, 4) is 0 Å². The number of hydrogen-bond acceptors (Lipinski definition) is 6. The van der Waals surface area contributed by atoms with Crippen LogP contribution in [0.25, 0.3) is 0 Å². The van der Waals surface area contributed by atoms with Crippen molar-refractivity contribution in [2.24, 2.45) is 0 Å². The number of nitro benzene ring substituents is 1. The van der Waals surface area contributed by atoms with Crippen LogP contribution < -0.4 is 0 Å². The molecule has 0 unspecified atom stereocenters. The maximum absolute atomic E-state index is 12.1. The molecule has 0 aromatic heterocycles. The predicted octanol–water partition coefficient (Wildman–Crippen LogP) is 1.22. The summed E-state index contributed by atoms with van der Waals surface area (Å²) in [4.78, 5) is 8.16. The average Bonchev–Trinajstić information content (AvgIpc) is 2.27. The van der Waals surface area contributed by atoms with E-state index in [9.17, 15) is 40.1 Å². The topological polar surface area (TPSA) is 111 Å². The summed E-state index contributed by atoms with van der Waals surface area (Å²) in [6, 6.07) is 1.99. The third kappa shape index (κ3) is 2.53. The van der Waals surface area contributed by atoms with Gasteiger partial charge in [-0.2, -0.15) is 13.2 Å². The summed E-state index contributed by atoms with van der Waals surface area (Å²) in [5, 5.41) is 10.3. The Bertz CT molecular complexity index is 704. The number of halogens is 3.